The third kappa shape index (κ3) is 7.71. The fourth-order valence-electron chi connectivity index (χ4n) is 3.49. The van der Waals surface area contributed by atoms with Crippen LogP contribution in [-0.2, 0) is 6.54 Å². The largest absolute Gasteiger partial charge is 0.357 e. The first-order chi connectivity index (χ1) is 14.6. The van der Waals surface area contributed by atoms with Crippen LogP contribution in [0.4, 0.5) is 0 Å². The zero-order chi connectivity index (χ0) is 21.3. The summed E-state index contributed by atoms with van der Waals surface area (Å²) in [6, 6.07) is 18.4. The van der Waals surface area contributed by atoms with E-state index in [9.17, 15) is 4.79 Å². The fraction of sp³-hybridized carbons (Fsp3) is 0.417. The Morgan fingerprint density at radius 3 is 2.52 bits per heavy atom. The summed E-state index contributed by atoms with van der Waals surface area (Å²) in [6.07, 6.45) is 1.20. The number of carbonyl (C=O) groups excluding carboxylic acids is 1. The fourth-order valence-corrected chi connectivity index (χ4v) is 4.54. The number of thioether (sulfide) groups is 1. The summed E-state index contributed by atoms with van der Waals surface area (Å²) < 4.78 is 0. The number of nitrogens with zero attached hydrogens (tertiary/aromatic N) is 3. The molecule has 1 atom stereocenters. The van der Waals surface area contributed by atoms with Crippen LogP contribution >= 0.6 is 35.7 Å². The second-order valence-corrected chi connectivity index (χ2v) is 8.88. The van der Waals surface area contributed by atoms with Gasteiger partial charge in [0.05, 0.1) is 6.54 Å². The Kier molecular flexibility index (Phi) is 10.7. The first-order valence-electron chi connectivity index (χ1n) is 10.6. The van der Waals surface area contributed by atoms with Gasteiger partial charge in [-0.2, -0.15) is 0 Å². The molecule has 0 aliphatic carbocycles. The van der Waals surface area contributed by atoms with Crippen LogP contribution in [-0.4, -0.2) is 61.1 Å². The lowest BCUT2D eigenvalue weighted by Gasteiger charge is -2.21. The second kappa shape index (κ2) is 13.0. The number of hydrogen-bond donors (Lipinski definition) is 1. The molecule has 0 saturated carbocycles. The third-order valence-electron chi connectivity index (χ3n) is 5.17. The van der Waals surface area contributed by atoms with Crippen molar-refractivity contribution in [2.75, 3.05) is 39.5 Å². The van der Waals surface area contributed by atoms with Crippen LogP contribution in [0.2, 0.25) is 0 Å². The molecule has 1 aliphatic rings. The maximum atomic E-state index is 12.0. The third-order valence-corrected chi connectivity index (χ3v) is 6.41. The topological polar surface area (TPSA) is 47.9 Å². The first-order valence-corrected chi connectivity index (χ1v) is 11.6. The van der Waals surface area contributed by atoms with Crippen molar-refractivity contribution in [1.82, 2.24) is 15.1 Å². The normalized spacial score (nSPS) is 16.0. The lowest BCUT2D eigenvalue weighted by Crippen LogP contribution is -2.40. The molecule has 1 fully saturated rings. The molecule has 2 aromatic rings. The van der Waals surface area contributed by atoms with Crippen LogP contribution in [0.15, 0.2) is 64.5 Å². The number of benzene rings is 2. The van der Waals surface area contributed by atoms with E-state index in [2.05, 4.69) is 47.5 Å². The Morgan fingerprint density at radius 2 is 1.87 bits per heavy atom. The maximum absolute atomic E-state index is 12.0. The van der Waals surface area contributed by atoms with Gasteiger partial charge < -0.3 is 15.1 Å². The maximum Gasteiger partial charge on any atom is 0.253 e. The predicted molar refractivity (Wildman–Crippen MR) is 142 cm³/mol. The molecular formula is C24H33IN4OS. The highest BCUT2D eigenvalue weighted by atomic mass is 127. The minimum Gasteiger partial charge on any atom is -0.357 e. The number of guanidine groups is 1. The number of aliphatic imine (C=N–C) groups is 1. The summed E-state index contributed by atoms with van der Waals surface area (Å²) in [5, 5.41) is 3.44. The molecule has 0 spiro atoms. The van der Waals surface area contributed by atoms with Gasteiger partial charge in [-0.05, 0) is 49.1 Å². The molecule has 1 saturated heterocycles. The van der Waals surface area contributed by atoms with Gasteiger partial charge in [0.15, 0.2) is 5.96 Å². The SMILES string of the molecule is CCNC(=NCc1ccc(C(=O)N(C)C)cc1)N1CCC(CSc2ccccc2)C1.I. The van der Waals surface area contributed by atoms with E-state index in [-0.39, 0.29) is 29.9 Å². The van der Waals surface area contributed by atoms with Crippen molar-refractivity contribution in [3.8, 4) is 0 Å². The van der Waals surface area contributed by atoms with Gasteiger partial charge in [-0.15, -0.1) is 35.7 Å². The van der Waals surface area contributed by atoms with E-state index in [0.29, 0.717) is 18.0 Å². The number of rotatable bonds is 7. The number of nitrogens with one attached hydrogen (secondary N) is 1. The molecule has 1 N–H and O–H groups in total. The molecule has 31 heavy (non-hydrogen) atoms. The molecule has 7 heteroatoms. The smallest absolute Gasteiger partial charge is 0.253 e. The summed E-state index contributed by atoms with van der Waals surface area (Å²) in [7, 11) is 3.54. The molecule has 2 aromatic carbocycles. The number of hydrogen-bond acceptors (Lipinski definition) is 3. The van der Waals surface area contributed by atoms with E-state index in [1.807, 2.05) is 36.0 Å². The lowest BCUT2D eigenvalue weighted by molar-refractivity contribution is 0.0827. The highest BCUT2D eigenvalue weighted by Crippen LogP contribution is 2.26. The van der Waals surface area contributed by atoms with Crippen molar-refractivity contribution in [2.45, 2.75) is 24.8 Å². The molecule has 5 nitrogen and oxygen atoms in total. The van der Waals surface area contributed by atoms with Crippen molar-refractivity contribution < 1.29 is 4.79 Å². The van der Waals surface area contributed by atoms with Crippen LogP contribution in [0.3, 0.4) is 0 Å². The number of amides is 1. The summed E-state index contributed by atoms with van der Waals surface area (Å²) in [5.41, 5.74) is 1.81. The van der Waals surface area contributed by atoms with Gasteiger partial charge >= 0.3 is 0 Å². The lowest BCUT2D eigenvalue weighted by atomic mass is 10.1. The Hall–Kier alpha value is -1.74. The second-order valence-electron chi connectivity index (χ2n) is 7.79. The van der Waals surface area contributed by atoms with Crippen LogP contribution in [0.25, 0.3) is 0 Å². The van der Waals surface area contributed by atoms with E-state index in [4.69, 9.17) is 4.99 Å². The van der Waals surface area contributed by atoms with Gasteiger partial charge in [0.25, 0.3) is 5.91 Å². The zero-order valence-electron chi connectivity index (χ0n) is 18.6. The molecule has 1 aliphatic heterocycles. The quantitative estimate of drug-likeness (QED) is 0.237. The van der Waals surface area contributed by atoms with Crippen molar-refractivity contribution >= 4 is 47.6 Å². The van der Waals surface area contributed by atoms with Crippen molar-refractivity contribution in [1.29, 1.82) is 0 Å². The van der Waals surface area contributed by atoms with Gasteiger partial charge in [-0.25, -0.2) is 4.99 Å². The molecule has 1 heterocycles. The molecule has 3 rings (SSSR count). The molecule has 0 aromatic heterocycles. The molecule has 1 unspecified atom stereocenters. The summed E-state index contributed by atoms with van der Waals surface area (Å²) in [4.78, 5) is 22.2. The van der Waals surface area contributed by atoms with E-state index in [1.165, 1.54) is 11.3 Å². The van der Waals surface area contributed by atoms with Crippen molar-refractivity contribution in [3.63, 3.8) is 0 Å². The highest BCUT2D eigenvalue weighted by molar-refractivity contribution is 14.0. The Morgan fingerprint density at radius 1 is 1.16 bits per heavy atom. The van der Waals surface area contributed by atoms with Gasteiger partial charge in [-0.1, -0.05) is 30.3 Å². The van der Waals surface area contributed by atoms with E-state index < -0.39 is 0 Å². The van der Waals surface area contributed by atoms with Crippen molar-refractivity contribution in [3.05, 3.63) is 65.7 Å². The Labute approximate surface area is 207 Å². The monoisotopic (exact) mass is 552 g/mol. The molecule has 1 amide bonds. The summed E-state index contributed by atoms with van der Waals surface area (Å²) >= 11 is 1.94. The van der Waals surface area contributed by atoms with E-state index in [1.54, 1.807) is 19.0 Å². The van der Waals surface area contributed by atoms with Crippen LogP contribution in [0, 0.1) is 5.92 Å². The van der Waals surface area contributed by atoms with Crippen LogP contribution < -0.4 is 5.32 Å². The van der Waals surface area contributed by atoms with Crippen LogP contribution in [0.5, 0.6) is 0 Å². The minimum atomic E-state index is 0. The molecule has 0 bridgehead atoms. The van der Waals surface area contributed by atoms with E-state index >= 15 is 0 Å². The number of likely N-dealkylation sites (tertiary alicyclic amines) is 1. The Bertz CT molecular complexity index is 842. The highest BCUT2D eigenvalue weighted by Gasteiger charge is 2.24. The molecular weight excluding hydrogens is 519 g/mol. The van der Waals surface area contributed by atoms with Gasteiger partial charge in [0, 0.05) is 49.9 Å². The van der Waals surface area contributed by atoms with Gasteiger partial charge in [0.2, 0.25) is 0 Å². The summed E-state index contributed by atoms with van der Waals surface area (Å²) in [6.45, 7) is 5.66. The number of halogens is 1. The zero-order valence-corrected chi connectivity index (χ0v) is 21.7. The number of carbonyl (C=O) groups is 1. The standard InChI is InChI=1S/C24H32N4OS.HI/c1-4-25-24(26-16-19-10-12-21(13-11-19)23(29)27(2)3)28-15-14-20(17-28)18-30-22-8-6-5-7-9-22;/h5-13,20H,4,14-18H2,1-3H3,(H,25,26);1H. The van der Waals surface area contributed by atoms with E-state index in [0.717, 1.165) is 36.9 Å². The molecule has 0 radical (unpaired) electrons. The Balaban J connectivity index is 0.00000341. The minimum absolute atomic E-state index is 0. The predicted octanol–water partition coefficient (Wildman–Crippen LogP) is 4.59. The van der Waals surface area contributed by atoms with Crippen molar-refractivity contribution in [2.24, 2.45) is 10.9 Å². The average molecular weight is 553 g/mol. The first kappa shape index (κ1) is 25.5. The van der Waals surface area contributed by atoms with Crippen LogP contribution in [0.1, 0.15) is 29.3 Å². The average Bonchev–Trinajstić information content (AvgIpc) is 3.24. The van der Waals surface area contributed by atoms with Gasteiger partial charge in [0.1, 0.15) is 0 Å². The van der Waals surface area contributed by atoms with Gasteiger partial charge in [-0.3, -0.25) is 4.79 Å². The summed E-state index contributed by atoms with van der Waals surface area (Å²) in [5.74, 6) is 2.82. The molecule has 168 valence electrons.